The Morgan fingerprint density at radius 2 is 0.936 bits per heavy atom. The van der Waals surface area contributed by atoms with Gasteiger partial charge in [0.15, 0.2) is 0 Å². The summed E-state index contributed by atoms with van der Waals surface area (Å²) in [5.74, 6) is 2.41. The second-order valence-corrected chi connectivity index (χ2v) is 29.6. The van der Waals surface area contributed by atoms with E-state index in [0.717, 1.165) is 169 Å². The number of piperidine rings is 4. The molecular weight excluding hydrogens is 1630 g/mol. The molecule has 0 radical (unpaired) electrons. The number of fused-ring (bicyclic) bond motifs is 10. The summed E-state index contributed by atoms with van der Waals surface area (Å²) in [5, 5.41) is 6.09. The van der Waals surface area contributed by atoms with Crippen molar-refractivity contribution in [3.63, 3.8) is 0 Å². The average Bonchev–Trinajstić information content (AvgIpc) is 1.10. The van der Waals surface area contributed by atoms with Crippen molar-refractivity contribution in [3.05, 3.63) is 221 Å². The first-order valence-corrected chi connectivity index (χ1v) is 40.5. The van der Waals surface area contributed by atoms with Crippen LogP contribution in [-0.2, 0) is 91.3 Å². The molecule has 10 aliphatic heterocycles. The Labute approximate surface area is 705 Å². The molecular formula is C85H108Cl2IN10NaO9Pd. The second-order valence-electron chi connectivity index (χ2n) is 28.8. The van der Waals surface area contributed by atoms with E-state index >= 15 is 0 Å². The van der Waals surface area contributed by atoms with Gasteiger partial charge in [0.05, 0.1) is 35.7 Å². The maximum Gasteiger partial charge on any atom is 1.00 e. The van der Waals surface area contributed by atoms with Crippen LogP contribution in [0.15, 0.2) is 182 Å². The summed E-state index contributed by atoms with van der Waals surface area (Å²) in [6.07, 6.45) is 10.7. The van der Waals surface area contributed by atoms with Gasteiger partial charge in [0, 0.05) is 133 Å². The smallest absolute Gasteiger partial charge is 1.00 e. The number of nitrogens with one attached hydrogen (secondary N) is 2. The number of benzene rings is 7. The van der Waals surface area contributed by atoms with E-state index in [-0.39, 0.29) is 114 Å². The summed E-state index contributed by atoms with van der Waals surface area (Å²) < 4.78 is 5.29. The van der Waals surface area contributed by atoms with Gasteiger partial charge in [-0.3, -0.25) is 33.8 Å². The van der Waals surface area contributed by atoms with E-state index in [1.165, 1.54) is 27.8 Å². The van der Waals surface area contributed by atoms with Gasteiger partial charge in [-0.05, 0) is 185 Å². The van der Waals surface area contributed by atoms with Crippen molar-refractivity contribution in [2.24, 2.45) is 0 Å². The largest absolute Gasteiger partial charge is 1.00 e. The van der Waals surface area contributed by atoms with Gasteiger partial charge in [0.1, 0.15) is 0 Å². The van der Waals surface area contributed by atoms with E-state index < -0.39 is 0 Å². The van der Waals surface area contributed by atoms with E-state index in [1.54, 1.807) is 4.90 Å². The third-order valence-electron chi connectivity index (χ3n) is 23.0. The Bertz CT molecular complexity index is 4100. The molecule has 17 rings (SSSR count). The quantitative estimate of drug-likeness (QED) is 0.0745. The molecule has 10 aliphatic rings. The van der Waals surface area contributed by atoms with Crippen molar-refractivity contribution in [3.8, 4) is 0 Å². The molecule has 2 unspecified atom stereocenters. The molecule has 0 aromatic heterocycles. The monoisotopic (exact) mass is 1740 g/mol. The fourth-order valence-electron chi connectivity index (χ4n) is 17.5. The first-order chi connectivity index (χ1) is 51.0. The van der Waals surface area contributed by atoms with Gasteiger partial charge in [-0.1, -0.05) is 174 Å². The predicted octanol–water partition coefficient (Wildman–Crippen LogP) is 9.50. The molecule has 584 valence electrons. The molecule has 19 nitrogen and oxygen atoms in total. The number of para-hydroxylation sites is 5. The standard InChI is InChI=1S/C23H31N3O3.C20H22N2O.C13H16N2O.C11H15Cl2N.C9H9NO.C8H7NO.CH3I.Na.2H2O.Pd.H/c1-3-29-22(28)26-16-8-9-17(26)15-18(14-16)25-12-10-23(11-13-25)19-6-4-5-7-20(19)24(2)21(23)27;1-21-18-10-6-5-9-17(18)20(19(21)23)11-13-22(14-12-20)15-16-7-3-2-4-8-16;1-15-11-5-3-2-4-10(11)13(12(15)16)6-8-14-9-7-13;12-6-8-14(9-7-13)10-11-4-2-1-3-5-11;1-10-8-5-3-2-4-7(8)6-9(10)11;10-8-5-6-3-1-2-4-7(6)9-8;1-2;;;;;/h4-7,16-18H,3,8-15H2,1-2H3;2-10H,11-15H2,1H3;2-5,14H,6-9H2,1H3;1-5H,6-10H2;2-5H,6H2,1H3;1-4H,5H2,(H,9,10);1H3;;2*1H2;;/q;;;;;;;+1;;;;-1. The van der Waals surface area contributed by atoms with Gasteiger partial charge in [-0.25, -0.2) is 4.79 Å². The first-order valence-electron chi connectivity index (χ1n) is 37.3. The van der Waals surface area contributed by atoms with E-state index in [4.69, 9.17) is 27.9 Å². The van der Waals surface area contributed by atoms with Crippen molar-refractivity contribution in [2.75, 3.05) is 129 Å². The summed E-state index contributed by atoms with van der Waals surface area (Å²) >= 11 is 13.6. The molecule has 2 atom stereocenters. The third-order valence-corrected chi connectivity index (χ3v) is 23.4. The van der Waals surface area contributed by atoms with E-state index in [9.17, 15) is 28.8 Å². The zero-order valence-corrected chi connectivity index (χ0v) is 71.3. The number of carbonyl (C=O) groups excluding carboxylic acids is 6. The molecule has 0 saturated carbocycles. The number of hydrogen-bond acceptors (Lipinski definition) is 11. The van der Waals surface area contributed by atoms with E-state index in [2.05, 4.69) is 145 Å². The molecule has 6 amide bonds. The van der Waals surface area contributed by atoms with E-state index in [0.29, 0.717) is 49.3 Å². The molecule has 0 aliphatic carbocycles. The molecule has 2 bridgehead atoms. The number of hydrogen-bond donors (Lipinski definition) is 2. The van der Waals surface area contributed by atoms with Crippen molar-refractivity contribution in [1.82, 2.24) is 24.9 Å². The van der Waals surface area contributed by atoms with Crippen LogP contribution in [0.4, 0.5) is 33.2 Å². The molecule has 24 heteroatoms. The van der Waals surface area contributed by atoms with Crippen LogP contribution >= 0.6 is 45.8 Å². The fraction of sp³-hybridized carbons (Fsp3) is 0.435. The molecule has 3 spiro atoms. The van der Waals surface area contributed by atoms with Crippen LogP contribution in [0.2, 0.25) is 0 Å². The Balaban J connectivity index is 0.000000211. The second kappa shape index (κ2) is 42.1. The Hall–Kier alpha value is -6.11. The zero-order valence-electron chi connectivity index (χ0n) is 65.1. The maximum absolute atomic E-state index is 13.2. The number of halogens is 3. The molecule has 6 N–H and O–H groups in total. The minimum Gasteiger partial charge on any atom is -1.00 e. The third kappa shape index (κ3) is 20.1. The number of rotatable bonds is 10. The summed E-state index contributed by atoms with van der Waals surface area (Å²) in [4.78, 5) is 91.3. The molecule has 5 saturated heterocycles. The van der Waals surface area contributed by atoms with Crippen LogP contribution in [0, 0.1) is 0 Å². The number of likely N-dealkylation sites (N-methyl/N-ethyl adjacent to an activating group) is 4. The Morgan fingerprint density at radius 3 is 1.39 bits per heavy atom. The van der Waals surface area contributed by atoms with Gasteiger partial charge < -0.3 is 57.1 Å². The van der Waals surface area contributed by atoms with Crippen molar-refractivity contribution in [2.45, 2.75) is 131 Å². The summed E-state index contributed by atoms with van der Waals surface area (Å²) in [6, 6.07) is 62.5. The Kier molecular flexibility index (Phi) is 34.8. The first kappa shape index (κ1) is 90.1. The average molecular weight is 1740 g/mol. The minimum absolute atomic E-state index is 0. The number of ether oxygens (including phenoxy) is 1. The number of nitrogens with zero attached hydrogens (tertiary/aromatic N) is 8. The van der Waals surface area contributed by atoms with Crippen LogP contribution in [0.1, 0.15) is 112 Å². The molecule has 10 heterocycles. The van der Waals surface area contributed by atoms with Crippen LogP contribution in [0.25, 0.3) is 0 Å². The number of likely N-dealkylation sites (tertiary alicyclic amines) is 2. The van der Waals surface area contributed by atoms with Crippen molar-refractivity contribution in [1.29, 1.82) is 0 Å². The van der Waals surface area contributed by atoms with Crippen molar-refractivity contribution < 1.29 is 95.9 Å². The number of alkyl halides is 3. The molecule has 109 heavy (non-hydrogen) atoms. The van der Waals surface area contributed by atoms with Gasteiger partial charge in [0.2, 0.25) is 29.5 Å². The summed E-state index contributed by atoms with van der Waals surface area (Å²) in [6.45, 7) is 11.7. The van der Waals surface area contributed by atoms with Gasteiger partial charge in [0.25, 0.3) is 0 Å². The van der Waals surface area contributed by atoms with Gasteiger partial charge in [-0.2, -0.15) is 0 Å². The maximum atomic E-state index is 13.2. The number of carbonyl (C=O) groups is 6. The fourth-order valence-corrected chi connectivity index (χ4v) is 18.0. The van der Waals surface area contributed by atoms with Crippen LogP contribution in [-0.4, -0.2) is 188 Å². The zero-order chi connectivity index (χ0) is 74.3. The van der Waals surface area contributed by atoms with Gasteiger partial charge in [-0.15, -0.1) is 23.2 Å². The van der Waals surface area contributed by atoms with Crippen LogP contribution < -0.4 is 59.8 Å². The van der Waals surface area contributed by atoms with Crippen molar-refractivity contribution >= 4 is 110 Å². The number of amides is 6. The van der Waals surface area contributed by atoms with E-state index in [1.807, 2.05) is 145 Å². The van der Waals surface area contributed by atoms with Crippen LogP contribution in [0.3, 0.4) is 0 Å². The Morgan fingerprint density at radius 1 is 0.523 bits per heavy atom. The normalized spacial score (nSPS) is 20.0. The number of anilines is 5. The topological polar surface area (TPSA) is 225 Å². The predicted molar refractivity (Wildman–Crippen MR) is 441 cm³/mol. The minimum atomic E-state index is -0.341. The van der Waals surface area contributed by atoms with Gasteiger partial charge >= 0.3 is 35.7 Å². The molecule has 7 aromatic carbocycles. The SMILES string of the molecule is CCOC(=O)N1C2CCC1CC(N1CCC3(CC1)C(=O)N(C)c1ccccc13)C2.CI.CN1C(=O)C2(CCN(Cc3ccccc3)CC2)c2ccccc21.CN1C(=O)C2(CCNCC2)c2ccccc21.CN1C(=O)Cc2ccccc21.ClCCN(CCCl)Cc1ccccc1.O.O.O=C1Cc2ccccc2N1.[H-].[Na+].[Pd]. The molecule has 5 fully saturated rings. The summed E-state index contributed by atoms with van der Waals surface area (Å²) in [7, 11) is 7.52. The summed E-state index contributed by atoms with van der Waals surface area (Å²) in [5.41, 5.74) is 13.0. The van der Waals surface area contributed by atoms with Crippen LogP contribution in [0.5, 0.6) is 0 Å². The molecule has 7 aromatic rings.